The average molecular weight is 369 g/mol. The fourth-order valence-electron chi connectivity index (χ4n) is 2.98. The lowest BCUT2D eigenvalue weighted by Crippen LogP contribution is -2.01. The Morgan fingerprint density at radius 2 is 1.29 bits per heavy atom. The van der Waals surface area contributed by atoms with Gasteiger partial charge in [0.15, 0.2) is 17.5 Å². The van der Waals surface area contributed by atoms with E-state index in [0.717, 1.165) is 22.3 Å². The minimum atomic E-state index is -0.0863. The molecule has 2 N–H and O–H groups in total. The fraction of sp³-hybridized carbons (Fsp3) is 0.0870. The van der Waals surface area contributed by atoms with Crippen LogP contribution >= 0.6 is 0 Å². The normalized spacial score (nSPS) is 10.8. The molecule has 3 aromatic carbocycles. The quantitative estimate of drug-likeness (QED) is 0.537. The molecule has 0 aliphatic rings. The maximum absolute atomic E-state index is 10.3. The van der Waals surface area contributed by atoms with E-state index in [1.807, 2.05) is 62.4 Å². The molecule has 0 unspecified atom stereocenters. The SMILES string of the molecule is Cc1ccc(-c2nc(-c3ccccc3C)nc(-c3ccc(O)cc3O)n2)cc1. The minimum absolute atomic E-state index is 0.0202. The van der Waals surface area contributed by atoms with Gasteiger partial charge < -0.3 is 10.2 Å². The summed E-state index contributed by atoms with van der Waals surface area (Å²) < 4.78 is 0. The van der Waals surface area contributed by atoms with Crippen molar-refractivity contribution in [2.45, 2.75) is 13.8 Å². The Bertz CT molecular complexity index is 1150. The van der Waals surface area contributed by atoms with Crippen molar-refractivity contribution in [3.8, 4) is 45.7 Å². The molecule has 4 rings (SSSR count). The molecule has 0 saturated carbocycles. The van der Waals surface area contributed by atoms with Gasteiger partial charge in [-0.3, -0.25) is 0 Å². The van der Waals surface area contributed by atoms with Crippen LogP contribution in [0.4, 0.5) is 0 Å². The monoisotopic (exact) mass is 369 g/mol. The molecule has 0 radical (unpaired) electrons. The molecule has 0 amide bonds. The molecular formula is C23H19N3O2. The van der Waals surface area contributed by atoms with E-state index in [9.17, 15) is 10.2 Å². The van der Waals surface area contributed by atoms with Crippen LogP contribution in [-0.2, 0) is 0 Å². The van der Waals surface area contributed by atoms with Crippen molar-refractivity contribution in [2.75, 3.05) is 0 Å². The highest BCUT2D eigenvalue weighted by Crippen LogP contribution is 2.32. The van der Waals surface area contributed by atoms with Gasteiger partial charge in [-0.25, -0.2) is 15.0 Å². The van der Waals surface area contributed by atoms with E-state index >= 15 is 0 Å². The summed E-state index contributed by atoms with van der Waals surface area (Å²) in [4.78, 5) is 13.9. The van der Waals surface area contributed by atoms with Gasteiger partial charge in [0.25, 0.3) is 0 Å². The zero-order valence-electron chi connectivity index (χ0n) is 15.6. The summed E-state index contributed by atoms with van der Waals surface area (Å²) in [6, 6.07) is 20.2. The summed E-state index contributed by atoms with van der Waals surface area (Å²) >= 11 is 0. The van der Waals surface area contributed by atoms with E-state index in [1.165, 1.54) is 12.1 Å². The van der Waals surface area contributed by atoms with Crippen molar-refractivity contribution in [1.82, 2.24) is 15.0 Å². The summed E-state index contributed by atoms with van der Waals surface area (Å²) in [7, 11) is 0. The van der Waals surface area contributed by atoms with Crippen molar-refractivity contribution in [3.63, 3.8) is 0 Å². The number of rotatable bonds is 3. The van der Waals surface area contributed by atoms with Crippen LogP contribution in [0.25, 0.3) is 34.2 Å². The lowest BCUT2D eigenvalue weighted by atomic mass is 10.1. The minimum Gasteiger partial charge on any atom is -0.508 e. The Morgan fingerprint density at radius 1 is 0.643 bits per heavy atom. The molecule has 0 fully saturated rings. The molecule has 1 heterocycles. The fourth-order valence-corrected chi connectivity index (χ4v) is 2.98. The van der Waals surface area contributed by atoms with Crippen molar-refractivity contribution < 1.29 is 10.2 Å². The third kappa shape index (κ3) is 3.42. The summed E-state index contributed by atoms with van der Waals surface area (Å²) in [5.74, 6) is 1.30. The molecule has 138 valence electrons. The maximum atomic E-state index is 10.3. The number of hydrogen-bond acceptors (Lipinski definition) is 5. The highest BCUT2D eigenvalue weighted by molar-refractivity contribution is 5.71. The number of phenolic OH excluding ortho intramolecular Hbond substituents is 2. The predicted octanol–water partition coefficient (Wildman–Crippen LogP) is 4.90. The molecule has 0 bridgehead atoms. The Morgan fingerprint density at radius 3 is 1.96 bits per heavy atom. The average Bonchev–Trinajstić information content (AvgIpc) is 2.68. The van der Waals surface area contributed by atoms with Crippen molar-refractivity contribution in [1.29, 1.82) is 0 Å². The largest absolute Gasteiger partial charge is 0.508 e. The Labute approximate surface area is 163 Å². The first kappa shape index (κ1) is 17.7. The predicted molar refractivity (Wildman–Crippen MR) is 109 cm³/mol. The van der Waals surface area contributed by atoms with Gasteiger partial charge in [0.05, 0.1) is 5.56 Å². The van der Waals surface area contributed by atoms with Gasteiger partial charge in [-0.15, -0.1) is 0 Å². The second-order valence-electron chi connectivity index (χ2n) is 6.69. The first-order valence-corrected chi connectivity index (χ1v) is 8.93. The number of aromatic nitrogens is 3. The Balaban J connectivity index is 1.95. The Kier molecular flexibility index (Phi) is 4.49. The molecule has 0 aliphatic heterocycles. The number of nitrogens with zero attached hydrogens (tertiary/aromatic N) is 3. The molecule has 1 aromatic heterocycles. The van der Waals surface area contributed by atoms with E-state index < -0.39 is 0 Å². The van der Waals surface area contributed by atoms with Crippen LogP contribution in [0.1, 0.15) is 11.1 Å². The van der Waals surface area contributed by atoms with Gasteiger partial charge in [-0.2, -0.15) is 0 Å². The van der Waals surface area contributed by atoms with Crippen molar-refractivity contribution in [3.05, 3.63) is 77.9 Å². The van der Waals surface area contributed by atoms with Gasteiger partial charge in [-0.1, -0.05) is 54.1 Å². The zero-order valence-corrected chi connectivity index (χ0v) is 15.6. The second-order valence-corrected chi connectivity index (χ2v) is 6.69. The molecule has 4 aromatic rings. The third-order valence-corrected chi connectivity index (χ3v) is 4.55. The number of benzene rings is 3. The number of hydrogen-bond donors (Lipinski definition) is 2. The molecular weight excluding hydrogens is 350 g/mol. The maximum Gasteiger partial charge on any atom is 0.167 e. The van der Waals surface area contributed by atoms with Gasteiger partial charge in [0, 0.05) is 17.2 Å². The van der Waals surface area contributed by atoms with Crippen LogP contribution in [-0.4, -0.2) is 25.2 Å². The van der Waals surface area contributed by atoms with Gasteiger partial charge in [0.1, 0.15) is 11.5 Å². The summed E-state index contributed by atoms with van der Waals surface area (Å²) in [5, 5.41) is 19.9. The summed E-state index contributed by atoms with van der Waals surface area (Å²) in [5.41, 5.74) is 4.39. The molecule has 0 spiro atoms. The Hall–Kier alpha value is -3.73. The molecule has 28 heavy (non-hydrogen) atoms. The molecule has 5 nitrogen and oxygen atoms in total. The molecule has 0 aliphatic carbocycles. The van der Waals surface area contributed by atoms with Crippen molar-refractivity contribution >= 4 is 0 Å². The van der Waals surface area contributed by atoms with Crippen LogP contribution < -0.4 is 0 Å². The standard InChI is InChI=1S/C23H19N3O2/c1-14-7-9-16(10-8-14)21-24-22(18-6-4-3-5-15(18)2)26-23(25-21)19-12-11-17(27)13-20(19)28/h3-13,27-28H,1-2H3. The second kappa shape index (κ2) is 7.12. The van der Waals surface area contributed by atoms with E-state index in [0.29, 0.717) is 23.0 Å². The number of phenols is 2. The first-order chi connectivity index (χ1) is 13.5. The van der Waals surface area contributed by atoms with Crippen LogP contribution in [0.5, 0.6) is 11.5 Å². The lowest BCUT2D eigenvalue weighted by Gasteiger charge is -2.11. The molecule has 5 heteroatoms. The van der Waals surface area contributed by atoms with E-state index in [2.05, 4.69) is 15.0 Å². The third-order valence-electron chi connectivity index (χ3n) is 4.55. The van der Waals surface area contributed by atoms with E-state index in [-0.39, 0.29) is 11.5 Å². The van der Waals surface area contributed by atoms with Crippen LogP contribution in [0.3, 0.4) is 0 Å². The van der Waals surface area contributed by atoms with Crippen LogP contribution in [0.2, 0.25) is 0 Å². The molecule has 0 atom stereocenters. The number of aryl methyl sites for hydroxylation is 2. The van der Waals surface area contributed by atoms with Crippen LogP contribution in [0, 0.1) is 13.8 Å². The lowest BCUT2D eigenvalue weighted by molar-refractivity contribution is 0.451. The van der Waals surface area contributed by atoms with E-state index in [4.69, 9.17) is 0 Å². The van der Waals surface area contributed by atoms with Crippen LogP contribution in [0.15, 0.2) is 66.7 Å². The van der Waals surface area contributed by atoms with E-state index in [1.54, 1.807) is 6.07 Å². The topological polar surface area (TPSA) is 79.1 Å². The first-order valence-electron chi connectivity index (χ1n) is 8.93. The van der Waals surface area contributed by atoms with Gasteiger partial charge >= 0.3 is 0 Å². The highest BCUT2D eigenvalue weighted by atomic mass is 16.3. The summed E-state index contributed by atoms with van der Waals surface area (Å²) in [6.45, 7) is 4.03. The zero-order chi connectivity index (χ0) is 19.7. The number of aromatic hydroxyl groups is 2. The van der Waals surface area contributed by atoms with Gasteiger partial charge in [-0.05, 0) is 31.5 Å². The van der Waals surface area contributed by atoms with Gasteiger partial charge in [0.2, 0.25) is 0 Å². The summed E-state index contributed by atoms with van der Waals surface area (Å²) in [6.07, 6.45) is 0. The highest BCUT2D eigenvalue weighted by Gasteiger charge is 2.15. The molecule has 0 saturated heterocycles. The van der Waals surface area contributed by atoms with Crippen molar-refractivity contribution in [2.24, 2.45) is 0 Å². The smallest absolute Gasteiger partial charge is 0.167 e.